The SMILES string of the molecule is CC1(P)N=CN2N=C(c3cc[n+](CC(=O)OCc4ccccc4)cc3)SC2=N1. The fraction of sp³-hybridized carbons (Fsp3) is 0.211. The number of esters is 1. The van der Waals surface area contributed by atoms with Crippen LogP contribution in [-0.2, 0) is 22.7 Å². The third-order valence-electron chi connectivity index (χ3n) is 4.03. The van der Waals surface area contributed by atoms with E-state index >= 15 is 0 Å². The zero-order chi connectivity index (χ0) is 19.6. The number of hydrazone groups is 1. The van der Waals surface area contributed by atoms with E-state index in [0.717, 1.165) is 21.3 Å². The summed E-state index contributed by atoms with van der Waals surface area (Å²) in [4.78, 5) is 20.9. The summed E-state index contributed by atoms with van der Waals surface area (Å²) in [5, 5.41) is 7.29. The molecule has 0 spiro atoms. The van der Waals surface area contributed by atoms with Gasteiger partial charge in [0, 0.05) is 17.7 Å². The summed E-state index contributed by atoms with van der Waals surface area (Å²) in [5.74, 6) is -0.281. The predicted molar refractivity (Wildman–Crippen MR) is 113 cm³/mol. The van der Waals surface area contributed by atoms with Gasteiger partial charge in [0.1, 0.15) is 18.0 Å². The lowest BCUT2D eigenvalue weighted by molar-refractivity contribution is -0.686. The lowest BCUT2D eigenvalue weighted by atomic mass is 10.2. The molecule has 2 aliphatic rings. The molecule has 2 atom stereocenters. The number of carbonyl (C=O) groups excluding carboxylic acids is 1. The summed E-state index contributed by atoms with van der Waals surface area (Å²) < 4.78 is 7.10. The van der Waals surface area contributed by atoms with E-state index in [2.05, 4.69) is 24.3 Å². The number of hydrogen-bond donors (Lipinski definition) is 0. The number of hydrogen-bond acceptors (Lipinski definition) is 7. The molecular formula is C19H19N5O2PS+. The first kappa shape index (κ1) is 18.8. The summed E-state index contributed by atoms with van der Waals surface area (Å²) in [7, 11) is 2.61. The number of rotatable bonds is 5. The molecule has 28 heavy (non-hydrogen) atoms. The Labute approximate surface area is 169 Å². The van der Waals surface area contributed by atoms with E-state index in [0.29, 0.717) is 0 Å². The summed E-state index contributed by atoms with van der Waals surface area (Å²) in [6, 6.07) is 13.5. The maximum atomic E-state index is 12.0. The number of ether oxygens (including phenoxy) is 1. The van der Waals surface area contributed by atoms with Gasteiger partial charge >= 0.3 is 5.97 Å². The first-order valence-corrected chi connectivity index (χ1v) is 10.1. The van der Waals surface area contributed by atoms with Crippen molar-refractivity contribution in [3.8, 4) is 0 Å². The van der Waals surface area contributed by atoms with Crippen molar-refractivity contribution in [2.45, 2.75) is 25.5 Å². The van der Waals surface area contributed by atoms with Gasteiger partial charge in [0.05, 0.1) is 0 Å². The lowest BCUT2D eigenvalue weighted by Crippen LogP contribution is -2.38. The summed E-state index contributed by atoms with van der Waals surface area (Å²) in [6.07, 6.45) is 5.37. The molecule has 0 saturated heterocycles. The zero-order valence-corrected chi connectivity index (χ0v) is 17.2. The molecular weight excluding hydrogens is 393 g/mol. The maximum absolute atomic E-state index is 12.0. The van der Waals surface area contributed by atoms with Gasteiger partial charge in [-0.1, -0.05) is 39.6 Å². The van der Waals surface area contributed by atoms with Gasteiger partial charge in [0.15, 0.2) is 23.0 Å². The molecule has 0 radical (unpaired) electrons. The molecule has 0 aliphatic carbocycles. The molecule has 4 rings (SSSR count). The molecule has 1 aromatic heterocycles. The number of fused-ring (bicyclic) bond motifs is 1. The van der Waals surface area contributed by atoms with Crippen molar-refractivity contribution < 1.29 is 14.1 Å². The number of amidine groups is 1. The minimum atomic E-state index is -0.538. The largest absolute Gasteiger partial charge is 0.456 e. The Morgan fingerprint density at radius 3 is 2.75 bits per heavy atom. The molecule has 2 aliphatic heterocycles. The van der Waals surface area contributed by atoms with Crippen LogP contribution in [0.4, 0.5) is 0 Å². The van der Waals surface area contributed by atoms with Gasteiger partial charge in [-0.15, -0.1) is 0 Å². The van der Waals surface area contributed by atoms with E-state index in [-0.39, 0.29) is 19.1 Å². The standard InChI is InChI=1S/C19H19N5O2PS/c1-19(27)20-13-24-18(21-19)28-17(22-24)15-7-9-23(10-8-15)11-16(25)26-12-14-5-3-2-4-6-14/h2-10,13H,11-12,27H2,1H3/q+1. The van der Waals surface area contributed by atoms with Crippen LogP contribution in [0.2, 0.25) is 0 Å². The molecule has 9 heteroatoms. The van der Waals surface area contributed by atoms with Gasteiger partial charge in [-0.25, -0.2) is 14.8 Å². The maximum Gasteiger partial charge on any atom is 0.373 e. The van der Waals surface area contributed by atoms with Crippen molar-refractivity contribution in [1.29, 1.82) is 0 Å². The molecule has 0 N–H and O–H groups in total. The Hall–Kier alpha value is -2.57. The number of thioether (sulfide) groups is 1. The van der Waals surface area contributed by atoms with E-state index in [1.165, 1.54) is 11.8 Å². The van der Waals surface area contributed by atoms with Crippen LogP contribution in [0.5, 0.6) is 0 Å². The van der Waals surface area contributed by atoms with Crippen molar-refractivity contribution in [3.05, 3.63) is 66.0 Å². The van der Waals surface area contributed by atoms with E-state index in [9.17, 15) is 4.79 Å². The number of aliphatic imine (C=N–C) groups is 2. The third kappa shape index (κ3) is 4.46. The van der Waals surface area contributed by atoms with Crippen LogP contribution in [0, 0.1) is 0 Å². The molecule has 0 fully saturated rings. The topological polar surface area (TPSA) is 70.5 Å². The Kier molecular flexibility index (Phi) is 5.24. The summed E-state index contributed by atoms with van der Waals surface area (Å²) in [6.45, 7) is 2.35. The Balaban J connectivity index is 1.36. The van der Waals surface area contributed by atoms with Crippen LogP contribution < -0.4 is 4.57 Å². The van der Waals surface area contributed by atoms with Crippen LogP contribution in [-0.4, -0.2) is 32.9 Å². The fourth-order valence-electron chi connectivity index (χ4n) is 2.59. The highest BCUT2D eigenvalue weighted by molar-refractivity contribution is 8.27. The van der Waals surface area contributed by atoms with Crippen molar-refractivity contribution in [1.82, 2.24) is 5.01 Å². The van der Waals surface area contributed by atoms with Crippen LogP contribution in [0.25, 0.3) is 0 Å². The average Bonchev–Trinajstić information content (AvgIpc) is 3.10. The van der Waals surface area contributed by atoms with Gasteiger partial charge in [-0.3, -0.25) is 0 Å². The van der Waals surface area contributed by atoms with Crippen LogP contribution in [0.15, 0.2) is 69.9 Å². The number of pyridine rings is 1. The van der Waals surface area contributed by atoms with Gasteiger partial charge in [-0.2, -0.15) is 14.7 Å². The second-order valence-corrected chi connectivity index (χ2v) is 8.54. The number of carbonyl (C=O) groups is 1. The smallest absolute Gasteiger partial charge is 0.373 e. The molecule has 0 amide bonds. The fourth-order valence-corrected chi connectivity index (χ4v) is 3.84. The minimum Gasteiger partial charge on any atom is -0.456 e. The predicted octanol–water partition coefficient (Wildman–Crippen LogP) is 2.37. The van der Waals surface area contributed by atoms with Gasteiger partial charge < -0.3 is 4.74 Å². The van der Waals surface area contributed by atoms with Crippen LogP contribution in [0.3, 0.4) is 0 Å². The highest BCUT2D eigenvalue weighted by atomic mass is 32.2. The molecule has 2 aromatic rings. The van der Waals surface area contributed by atoms with Crippen LogP contribution in [0.1, 0.15) is 18.1 Å². The molecule has 1 aromatic carbocycles. The second-order valence-electron chi connectivity index (χ2n) is 6.49. The normalized spacial score (nSPS) is 20.4. The molecule has 142 valence electrons. The number of nitrogens with zero attached hydrogens (tertiary/aromatic N) is 5. The molecule has 0 bridgehead atoms. The van der Waals surface area contributed by atoms with E-state index in [4.69, 9.17) is 4.74 Å². The third-order valence-corrected chi connectivity index (χ3v) is 5.28. The zero-order valence-electron chi connectivity index (χ0n) is 15.2. The van der Waals surface area contributed by atoms with Crippen LogP contribution >= 0.6 is 21.0 Å². The molecule has 2 unspecified atom stereocenters. The van der Waals surface area contributed by atoms with E-state index < -0.39 is 5.40 Å². The monoisotopic (exact) mass is 412 g/mol. The highest BCUT2D eigenvalue weighted by Gasteiger charge is 2.30. The number of aromatic nitrogens is 1. The summed E-state index contributed by atoms with van der Waals surface area (Å²) in [5.41, 5.74) is 1.92. The Morgan fingerprint density at radius 1 is 1.25 bits per heavy atom. The average molecular weight is 412 g/mol. The first-order chi connectivity index (χ1) is 13.5. The highest BCUT2D eigenvalue weighted by Crippen LogP contribution is 2.32. The van der Waals surface area contributed by atoms with Crippen molar-refractivity contribution in [2.75, 3.05) is 0 Å². The van der Waals surface area contributed by atoms with Gasteiger partial charge in [0.2, 0.25) is 6.54 Å². The Bertz CT molecular complexity index is 974. The molecule has 7 nitrogen and oxygen atoms in total. The second kappa shape index (κ2) is 7.81. The number of benzene rings is 1. The van der Waals surface area contributed by atoms with E-state index in [1.54, 1.807) is 15.9 Å². The Morgan fingerprint density at radius 2 is 2.00 bits per heavy atom. The van der Waals surface area contributed by atoms with Gasteiger partial charge in [0.25, 0.3) is 0 Å². The minimum absolute atomic E-state index is 0.156. The quantitative estimate of drug-likeness (QED) is 0.430. The van der Waals surface area contributed by atoms with Crippen molar-refractivity contribution >= 4 is 43.5 Å². The molecule has 0 saturated carbocycles. The lowest BCUT2D eigenvalue weighted by Gasteiger charge is -2.21. The van der Waals surface area contributed by atoms with E-state index in [1.807, 2.05) is 61.8 Å². The molecule has 3 heterocycles. The van der Waals surface area contributed by atoms with Crippen molar-refractivity contribution in [3.63, 3.8) is 0 Å². The van der Waals surface area contributed by atoms with Gasteiger partial charge in [-0.05, 0) is 24.2 Å². The van der Waals surface area contributed by atoms with Crippen molar-refractivity contribution in [2.24, 2.45) is 15.1 Å². The summed E-state index contributed by atoms with van der Waals surface area (Å²) >= 11 is 1.50. The first-order valence-electron chi connectivity index (χ1n) is 8.67.